The van der Waals surface area contributed by atoms with Crippen LogP contribution < -0.4 is 5.56 Å². The molecule has 2 heterocycles. The fraction of sp³-hybridized carbons (Fsp3) is 0.353. The highest BCUT2D eigenvalue weighted by Crippen LogP contribution is 2.22. The van der Waals surface area contributed by atoms with Crippen LogP contribution in [0.25, 0.3) is 10.8 Å². The number of amides is 1. The van der Waals surface area contributed by atoms with Crippen molar-refractivity contribution < 1.29 is 14.7 Å². The summed E-state index contributed by atoms with van der Waals surface area (Å²) in [6.45, 7) is 1.04. The second kappa shape index (κ2) is 6.24. The number of nitrogens with one attached hydrogen (secondary N) is 1. The summed E-state index contributed by atoms with van der Waals surface area (Å²) in [4.78, 5) is 39.7. The normalized spacial score (nSPS) is 15.7. The zero-order valence-corrected chi connectivity index (χ0v) is 12.6. The lowest BCUT2D eigenvalue weighted by Crippen LogP contribution is -2.39. The average Bonchev–Trinajstić information content (AvgIpc) is 2.54. The van der Waals surface area contributed by atoms with Gasteiger partial charge in [0, 0.05) is 24.9 Å². The van der Waals surface area contributed by atoms with Crippen LogP contribution in [0, 0.1) is 5.92 Å². The molecule has 1 aromatic heterocycles. The van der Waals surface area contributed by atoms with Gasteiger partial charge in [0.05, 0.1) is 0 Å². The number of hydrogen-bond donors (Lipinski definition) is 2. The standard InChI is InChI=1S/C17H18N2O4/c20-15(21)9-11-5-7-19(8-6-11)17(23)14-10-12-3-1-2-4-13(12)16(22)18-14/h1-4,10-11H,5-9H2,(H,18,22)(H,20,21). The number of nitrogens with zero attached hydrogens (tertiary/aromatic N) is 1. The number of carbonyl (C=O) groups excluding carboxylic acids is 1. The monoisotopic (exact) mass is 314 g/mol. The molecule has 1 fully saturated rings. The van der Waals surface area contributed by atoms with Gasteiger partial charge in [-0.25, -0.2) is 0 Å². The van der Waals surface area contributed by atoms with Gasteiger partial charge in [-0.1, -0.05) is 18.2 Å². The Morgan fingerprint density at radius 1 is 1.22 bits per heavy atom. The molecule has 0 unspecified atom stereocenters. The van der Waals surface area contributed by atoms with Crippen molar-refractivity contribution in [3.8, 4) is 0 Å². The Balaban J connectivity index is 1.77. The molecule has 1 aliphatic heterocycles. The second-order valence-corrected chi connectivity index (χ2v) is 5.93. The minimum atomic E-state index is -0.798. The van der Waals surface area contributed by atoms with E-state index < -0.39 is 5.97 Å². The van der Waals surface area contributed by atoms with Crippen molar-refractivity contribution >= 4 is 22.6 Å². The summed E-state index contributed by atoms with van der Waals surface area (Å²) >= 11 is 0. The molecule has 1 amide bonds. The Bertz CT molecular complexity index is 804. The molecule has 1 aliphatic rings. The van der Waals surface area contributed by atoms with E-state index in [2.05, 4.69) is 4.98 Å². The average molecular weight is 314 g/mol. The first-order valence-corrected chi connectivity index (χ1v) is 7.68. The Hall–Kier alpha value is -2.63. The SMILES string of the molecule is O=C(O)CC1CCN(C(=O)c2cc3ccccc3c(=O)[nH]2)CC1. The lowest BCUT2D eigenvalue weighted by molar-refractivity contribution is -0.138. The number of aromatic nitrogens is 1. The minimum absolute atomic E-state index is 0.118. The highest BCUT2D eigenvalue weighted by atomic mass is 16.4. The fourth-order valence-electron chi connectivity index (χ4n) is 3.08. The largest absolute Gasteiger partial charge is 0.481 e. The maximum absolute atomic E-state index is 12.6. The van der Waals surface area contributed by atoms with E-state index in [0.29, 0.717) is 31.3 Å². The molecule has 1 saturated heterocycles. The number of rotatable bonds is 3. The minimum Gasteiger partial charge on any atom is -0.481 e. The first-order chi connectivity index (χ1) is 11.0. The number of fused-ring (bicyclic) bond motifs is 1. The molecule has 0 saturated carbocycles. The molecule has 3 rings (SSSR count). The third kappa shape index (κ3) is 3.26. The van der Waals surface area contributed by atoms with E-state index in [4.69, 9.17) is 5.11 Å². The third-order valence-corrected chi connectivity index (χ3v) is 4.35. The smallest absolute Gasteiger partial charge is 0.303 e. The van der Waals surface area contributed by atoms with Crippen LogP contribution in [0.2, 0.25) is 0 Å². The molecule has 6 heteroatoms. The van der Waals surface area contributed by atoms with Crippen LogP contribution >= 0.6 is 0 Å². The highest BCUT2D eigenvalue weighted by Gasteiger charge is 2.25. The van der Waals surface area contributed by atoms with Crippen LogP contribution in [0.1, 0.15) is 29.8 Å². The maximum atomic E-state index is 12.6. The summed E-state index contributed by atoms with van der Waals surface area (Å²) in [5.74, 6) is -0.887. The van der Waals surface area contributed by atoms with Crippen molar-refractivity contribution in [3.05, 3.63) is 46.4 Å². The molecule has 0 aliphatic carbocycles. The topological polar surface area (TPSA) is 90.5 Å². The summed E-state index contributed by atoms with van der Waals surface area (Å²) in [6, 6.07) is 8.84. The molecule has 0 spiro atoms. The Kier molecular flexibility index (Phi) is 4.14. The van der Waals surface area contributed by atoms with Gasteiger partial charge in [-0.3, -0.25) is 14.4 Å². The van der Waals surface area contributed by atoms with Gasteiger partial charge in [-0.2, -0.15) is 0 Å². The predicted octanol–water partition coefficient (Wildman–Crippen LogP) is 1.85. The van der Waals surface area contributed by atoms with Crippen molar-refractivity contribution in [2.45, 2.75) is 19.3 Å². The maximum Gasteiger partial charge on any atom is 0.303 e. The van der Waals surface area contributed by atoms with Crippen molar-refractivity contribution in [2.24, 2.45) is 5.92 Å². The number of likely N-dealkylation sites (tertiary alicyclic amines) is 1. The van der Waals surface area contributed by atoms with Crippen LogP contribution in [0.4, 0.5) is 0 Å². The quantitative estimate of drug-likeness (QED) is 0.904. The highest BCUT2D eigenvalue weighted by molar-refractivity contribution is 5.96. The summed E-state index contributed by atoms with van der Waals surface area (Å²) < 4.78 is 0. The zero-order valence-electron chi connectivity index (χ0n) is 12.6. The van der Waals surface area contributed by atoms with E-state index in [9.17, 15) is 14.4 Å². The molecule has 6 nitrogen and oxygen atoms in total. The number of hydrogen-bond acceptors (Lipinski definition) is 3. The molecule has 2 N–H and O–H groups in total. The molecule has 120 valence electrons. The van der Waals surface area contributed by atoms with Crippen molar-refractivity contribution in [1.82, 2.24) is 9.88 Å². The Labute approximate surface area is 132 Å². The number of aliphatic carboxylic acids is 1. The van der Waals surface area contributed by atoms with Crippen LogP contribution in [0.15, 0.2) is 35.1 Å². The molecule has 2 aromatic rings. The van der Waals surface area contributed by atoms with Crippen LogP contribution in [0.3, 0.4) is 0 Å². The number of H-pyrrole nitrogens is 1. The summed E-state index contributed by atoms with van der Waals surface area (Å²) in [7, 11) is 0. The van der Waals surface area contributed by atoms with Crippen molar-refractivity contribution in [1.29, 1.82) is 0 Å². The van der Waals surface area contributed by atoms with Crippen LogP contribution in [-0.2, 0) is 4.79 Å². The Morgan fingerprint density at radius 3 is 2.61 bits per heavy atom. The lowest BCUT2D eigenvalue weighted by atomic mass is 9.93. The Morgan fingerprint density at radius 2 is 1.91 bits per heavy atom. The van der Waals surface area contributed by atoms with E-state index in [0.717, 1.165) is 5.39 Å². The molecule has 23 heavy (non-hydrogen) atoms. The number of carboxylic acid groups (broad SMARTS) is 1. The third-order valence-electron chi connectivity index (χ3n) is 4.35. The lowest BCUT2D eigenvalue weighted by Gasteiger charge is -2.31. The molecule has 1 aromatic carbocycles. The van der Waals surface area contributed by atoms with Gasteiger partial charge >= 0.3 is 5.97 Å². The first-order valence-electron chi connectivity index (χ1n) is 7.68. The molecule has 0 radical (unpaired) electrons. The zero-order chi connectivity index (χ0) is 16.4. The van der Waals surface area contributed by atoms with Gasteiger partial charge in [0.25, 0.3) is 11.5 Å². The van der Waals surface area contributed by atoms with Crippen LogP contribution in [0.5, 0.6) is 0 Å². The van der Waals surface area contributed by atoms with Gasteiger partial charge in [0.1, 0.15) is 5.69 Å². The number of carbonyl (C=O) groups is 2. The molecular weight excluding hydrogens is 296 g/mol. The number of carboxylic acids is 1. The molecular formula is C17H18N2O4. The van der Waals surface area contributed by atoms with Crippen LogP contribution in [-0.4, -0.2) is 40.0 Å². The molecule has 0 bridgehead atoms. The number of piperidine rings is 1. The fourth-order valence-corrected chi connectivity index (χ4v) is 3.08. The van der Waals surface area contributed by atoms with Gasteiger partial charge in [0.2, 0.25) is 0 Å². The van der Waals surface area contributed by atoms with E-state index >= 15 is 0 Å². The van der Waals surface area contributed by atoms with E-state index in [1.807, 2.05) is 6.07 Å². The molecule has 0 atom stereocenters. The summed E-state index contributed by atoms with van der Waals surface area (Å²) in [5, 5.41) is 10.1. The number of aromatic amines is 1. The van der Waals surface area contributed by atoms with Gasteiger partial charge in [-0.05, 0) is 36.3 Å². The van der Waals surface area contributed by atoms with Gasteiger partial charge in [-0.15, -0.1) is 0 Å². The predicted molar refractivity (Wildman–Crippen MR) is 85.4 cm³/mol. The summed E-state index contributed by atoms with van der Waals surface area (Å²) in [5.41, 5.74) is 0.0117. The second-order valence-electron chi connectivity index (χ2n) is 5.93. The summed E-state index contributed by atoms with van der Waals surface area (Å²) in [6.07, 6.45) is 1.50. The van der Waals surface area contributed by atoms with Crippen molar-refractivity contribution in [2.75, 3.05) is 13.1 Å². The van der Waals surface area contributed by atoms with E-state index in [1.54, 1.807) is 29.2 Å². The number of benzene rings is 1. The number of pyridine rings is 1. The first kappa shape index (κ1) is 15.3. The van der Waals surface area contributed by atoms with Gasteiger partial charge in [0.15, 0.2) is 0 Å². The van der Waals surface area contributed by atoms with Gasteiger partial charge < -0.3 is 15.0 Å². The van der Waals surface area contributed by atoms with Crippen molar-refractivity contribution in [3.63, 3.8) is 0 Å². The van der Waals surface area contributed by atoms with E-state index in [1.165, 1.54) is 0 Å². The van der Waals surface area contributed by atoms with E-state index in [-0.39, 0.29) is 29.5 Å².